The van der Waals surface area contributed by atoms with Gasteiger partial charge in [-0.25, -0.2) is 4.79 Å². The molecule has 1 aliphatic heterocycles. The van der Waals surface area contributed by atoms with Gasteiger partial charge in [0.15, 0.2) is 0 Å². The summed E-state index contributed by atoms with van der Waals surface area (Å²) in [7, 11) is 0. The molecule has 1 fully saturated rings. The van der Waals surface area contributed by atoms with Crippen molar-refractivity contribution in [3.05, 3.63) is 71.3 Å². The molecule has 0 radical (unpaired) electrons. The molecule has 2 aromatic rings. The summed E-state index contributed by atoms with van der Waals surface area (Å²) < 4.78 is 0. The van der Waals surface area contributed by atoms with E-state index in [0.29, 0.717) is 17.5 Å². The lowest BCUT2D eigenvalue weighted by atomic mass is 9.84. The first-order valence-corrected chi connectivity index (χ1v) is 7.35. The van der Waals surface area contributed by atoms with Crippen molar-refractivity contribution in [1.82, 2.24) is 5.32 Å². The van der Waals surface area contributed by atoms with Crippen molar-refractivity contribution in [2.24, 2.45) is 0 Å². The molecule has 0 saturated carbocycles. The molecule has 0 amide bonds. The first-order valence-electron chi connectivity index (χ1n) is 7.35. The second kappa shape index (κ2) is 6.10. The molecule has 1 aliphatic rings. The topological polar surface area (TPSA) is 49.3 Å². The molecule has 3 rings (SSSR count). The number of hydrogen-bond donors (Lipinski definition) is 2. The van der Waals surface area contributed by atoms with E-state index in [2.05, 4.69) is 29.6 Å². The van der Waals surface area contributed by atoms with Gasteiger partial charge >= 0.3 is 5.97 Å². The summed E-state index contributed by atoms with van der Waals surface area (Å²) in [6.07, 6.45) is 2.20. The maximum Gasteiger partial charge on any atom is 0.335 e. The average Bonchev–Trinajstić information content (AvgIpc) is 2.56. The van der Waals surface area contributed by atoms with Gasteiger partial charge in [0.1, 0.15) is 0 Å². The van der Waals surface area contributed by atoms with Crippen molar-refractivity contribution in [3.63, 3.8) is 0 Å². The second-order valence-corrected chi connectivity index (χ2v) is 5.57. The van der Waals surface area contributed by atoms with Gasteiger partial charge in [-0.2, -0.15) is 0 Å². The van der Waals surface area contributed by atoms with Crippen LogP contribution in [-0.2, 0) is 0 Å². The zero-order valence-corrected chi connectivity index (χ0v) is 11.8. The highest BCUT2D eigenvalue weighted by molar-refractivity contribution is 5.87. The van der Waals surface area contributed by atoms with Crippen LogP contribution in [0.1, 0.15) is 46.3 Å². The number of benzene rings is 2. The molecule has 21 heavy (non-hydrogen) atoms. The number of carboxylic acids is 1. The van der Waals surface area contributed by atoms with Crippen molar-refractivity contribution in [1.29, 1.82) is 0 Å². The number of rotatable bonds is 3. The van der Waals surface area contributed by atoms with Gasteiger partial charge in [-0.05, 0) is 48.6 Å². The largest absolute Gasteiger partial charge is 0.478 e. The van der Waals surface area contributed by atoms with E-state index in [1.54, 1.807) is 12.1 Å². The summed E-state index contributed by atoms with van der Waals surface area (Å²) >= 11 is 0. The molecular formula is C18H19NO2. The fourth-order valence-corrected chi connectivity index (χ4v) is 3.06. The van der Waals surface area contributed by atoms with Crippen molar-refractivity contribution in [2.75, 3.05) is 6.54 Å². The van der Waals surface area contributed by atoms with Gasteiger partial charge in [0.05, 0.1) is 5.56 Å². The predicted octanol–water partition coefficient (Wildman–Crippen LogP) is 3.59. The van der Waals surface area contributed by atoms with Crippen molar-refractivity contribution in [3.8, 4) is 0 Å². The number of hydrogen-bond acceptors (Lipinski definition) is 2. The lowest BCUT2D eigenvalue weighted by Crippen LogP contribution is -2.30. The fourth-order valence-electron chi connectivity index (χ4n) is 3.06. The Labute approximate surface area is 124 Å². The molecule has 1 saturated heterocycles. The first kappa shape index (κ1) is 13.8. The van der Waals surface area contributed by atoms with Crippen LogP contribution in [0.2, 0.25) is 0 Å². The first-order chi connectivity index (χ1) is 10.2. The summed E-state index contributed by atoms with van der Waals surface area (Å²) in [4.78, 5) is 10.9. The maximum atomic E-state index is 10.9. The van der Waals surface area contributed by atoms with Gasteiger partial charge in [0.2, 0.25) is 0 Å². The number of aromatic carboxylic acids is 1. The van der Waals surface area contributed by atoms with Crippen LogP contribution in [0.25, 0.3) is 0 Å². The van der Waals surface area contributed by atoms with E-state index in [4.69, 9.17) is 5.11 Å². The second-order valence-electron chi connectivity index (χ2n) is 5.57. The lowest BCUT2D eigenvalue weighted by Gasteiger charge is -2.31. The fraction of sp³-hybridized carbons (Fsp3) is 0.278. The third kappa shape index (κ3) is 3.14. The highest BCUT2D eigenvalue weighted by atomic mass is 16.4. The molecule has 1 heterocycles. The number of carboxylic acid groups (broad SMARTS) is 1. The van der Waals surface area contributed by atoms with E-state index in [1.807, 2.05) is 18.2 Å². The molecule has 3 heteroatoms. The normalized spacial score (nSPS) is 21.9. The zero-order chi connectivity index (χ0) is 14.7. The Bertz CT molecular complexity index is 607. The highest BCUT2D eigenvalue weighted by Gasteiger charge is 2.23. The molecular weight excluding hydrogens is 262 g/mol. The minimum Gasteiger partial charge on any atom is -0.478 e. The van der Waals surface area contributed by atoms with Gasteiger partial charge in [-0.1, -0.05) is 42.5 Å². The van der Waals surface area contributed by atoms with Crippen molar-refractivity contribution in [2.45, 2.75) is 24.8 Å². The Hall–Kier alpha value is -2.13. The number of carbonyl (C=O) groups is 1. The van der Waals surface area contributed by atoms with Crippen LogP contribution in [-0.4, -0.2) is 17.6 Å². The molecule has 0 bridgehead atoms. The molecule has 0 aliphatic carbocycles. The van der Waals surface area contributed by atoms with Gasteiger partial charge < -0.3 is 10.4 Å². The molecule has 0 aromatic heterocycles. The van der Waals surface area contributed by atoms with Gasteiger partial charge in [-0.3, -0.25) is 0 Å². The maximum absolute atomic E-state index is 10.9. The standard InChI is InChI=1S/C18H19NO2/c20-18(21)15-8-6-14(7-9-15)17-12-16(10-11-19-17)13-4-2-1-3-5-13/h1-9,16-17,19H,10-12H2,(H,20,21)/t16?,17-/m0/s1. The summed E-state index contributed by atoms with van der Waals surface area (Å²) in [6.45, 7) is 0.991. The summed E-state index contributed by atoms with van der Waals surface area (Å²) in [5.74, 6) is -0.308. The summed E-state index contributed by atoms with van der Waals surface area (Å²) in [5, 5.41) is 12.5. The van der Waals surface area contributed by atoms with Gasteiger partial charge in [-0.15, -0.1) is 0 Å². The van der Waals surface area contributed by atoms with Crippen LogP contribution in [0.15, 0.2) is 54.6 Å². The van der Waals surface area contributed by atoms with Crippen LogP contribution in [0, 0.1) is 0 Å². The van der Waals surface area contributed by atoms with Crippen molar-refractivity contribution >= 4 is 5.97 Å². The smallest absolute Gasteiger partial charge is 0.335 e. The third-order valence-electron chi connectivity index (χ3n) is 4.23. The molecule has 1 unspecified atom stereocenters. The van der Waals surface area contributed by atoms with Crippen LogP contribution in [0.5, 0.6) is 0 Å². The average molecular weight is 281 g/mol. The molecule has 3 nitrogen and oxygen atoms in total. The SMILES string of the molecule is O=C(O)c1ccc([C@@H]2CC(c3ccccc3)CCN2)cc1. The predicted molar refractivity (Wildman–Crippen MR) is 82.6 cm³/mol. The van der Waals surface area contributed by atoms with Crippen LogP contribution in [0.3, 0.4) is 0 Å². The van der Waals surface area contributed by atoms with Crippen LogP contribution in [0.4, 0.5) is 0 Å². The molecule has 2 atom stereocenters. The highest BCUT2D eigenvalue weighted by Crippen LogP contribution is 2.34. The molecule has 2 aromatic carbocycles. The number of nitrogens with one attached hydrogen (secondary N) is 1. The van der Waals surface area contributed by atoms with E-state index >= 15 is 0 Å². The Kier molecular flexibility index (Phi) is 4.02. The molecule has 2 N–H and O–H groups in total. The van der Waals surface area contributed by atoms with Gasteiger partial charge in [0, 0.05) is 6.04 Å². The Morgan fingerprint density at radius 3 is 2.38 bits per heavy atom. The minimum absolute atomic E-state index is 0.298. The number of piperidine rings is 1. The third-order valence-corrected chi connectivity index (χ3v) is 4.23. The van der Waals surface area contributed by atoms with E-state index < -0.39 is 5.97 Å². The van der Waals surface area contributed by atoms with E-state index in [-0.39, 0.29) is 0 Å². The molecule has 108 valence electrons. The Morgan fingerprint density at radius 1 is 1.00 bits per heavy atom. The van der Waals surface area contributed by atoms with E-state index in [9.17, 15) is 4.79 Å². The van der Waals surface area contributed by atoms with Gasteiger partial charge in [0.25, 0.3) is 0 Å². The summed E-state index contributed by atoms with van der Waals surface area (Å²) in [5.41, 5.74) is 2.90. The van der Waals surface area contributed by atoms with E-state index in [1.165, 1.54) is 11.1 Å². The van der Waals surface area contributed by atoms with E-state index in [0.717, 1.165) is 19.4 Å². The Morgan fingerprint density at radius 2 is 1.71 bits per heavy atom. The van der Waals surface area contributed by atoms with Crippen LogP contribution < -0.4 is 5.32 Å². The Balaban J connectivity index is 1.75. The quantitative estimate of drug-likeness (QED) is 0.904. The molecule has 0 spiro atoms. The minimum atomic E-state index is -0.875. The van der Waals surface area contributed by atoms with Crippen LogP contribution >= 0.6 is 0 Å². The lowest BCUT2D eigenvalue weighted by molar-refractivity contribution is 0.0697. The van der Waals surface area contributed by atoms with Crippen molar-refractivity contribution < 1.29 is 9.90 Å². The zero-order valence-electron chi connectivity index (χ0n) is 11.8. The summed E-state index contributed by atoms with van der Waals surface area (Å²) in [6, 6.07) is 18.1. The monoisotopic (exact) mass is 281 g/mol.